The van der Waals surface area contributed by atoms with Crippen LogP contribution >= 0.6 is 34.8 Å². The molecule has 0 aromatic heterocycles. The summed E-state index contributed by atoms with van der Waals surface area (Å²) < 4.78 is 38.5. The molecule has 4 nitrogen and oxygen atoms in total. The first-order valence-electron chi connectivity index (χ1n) is 8.93. The van der Waals surface area contributed by atoms with Gasteiger partial charge in [-0.2, -0.15) is 13.2 Å². The average Bonchev–Trinajstić information content (AvgIpc) is 3.17. The molecule has 1 saturated heterocycles. The van der Waals surface area contributed by atoms with E-state index < -0.39 is 24.0 Å². The second-order valence-corrected chi connectivity index (χ2v) is 8.07. The van der Waals surface area contributed by atoms with Gasteiger partial charge in [0.15, 0.2) is 0 Å². The Bertz CT molecular complexity index is 951. The fourth-order valence-corrected chi connectivity index (χ4v) is 3.84. The summed E-state index contributed by atoms with van der Waals surface area (Å²) in [6.45, 7) is -0.299. The molecule has 2 aromatic carbocycles. The van der Waals surface area contributed by atoms with Gasteiger partial charge in [0.1, 0.15) is 0 Å². The number of hydrogen-bond acceptors (Lipinski definition) is 2. The highest BCUT2D eigenvalue weighted by Crippen LogP contribution is 2.30. The SMILES string of the molecule is O=C(c1ccc(Cl)cc1)N(Cc1cccc(Cl)c1Cl)C1CCN(C(=O)C(F)(F)F)C1. The molecule has 1 aliphatic heterocycles. The number of carbonyl (C=O) groups excluding carboxylic acids is 2. The van der Waals surface area contributed by atoms with Crippen molar-refractivity contribution in [2.45, 2.75) is 25.2 Å². The molecular formula is C20H16Cl3F3N2O2. The highest BCUT2D eigenvalue weighted by atomic mass is 35.5. The Labute approximate surface area is 186 Å². The van der Waals surface area contributed by atoms with Crippen LogP contribution in [0.4, 0.5) is 13.2 Å². The van der Waals surface area contributed by atoms with Crippen LogP contribution in [0.2, 0.25) is 15.1 Å². The first-order valence-corrected chi connectivity index (χ1v) is 10.1. The third-order valence-electron chi connectivity index (χ3n) is 4.86. The largest absolute Gasteiger partial charge is 0.471 e. The number of likely N-dealkylation sites (tertiary alicyclic amines) is 1. The summed E-state index contributed by atoms with van der Waals surface area (Å²) in [4.78, 5) is 26.9. The molecule has 3 rings (SSSR count). The van der Waals surface area contributed by atoms with Crippen molar-refractivity contribution in [2.24, 2.45) is 0 Å². The van der Waals surface area contributed by atoms with Gasteiger partial charge in [0.25, 0.3) is 5.91 Å². The van der Waals surface area contributed by atoms with Gasteiger partial charge >= 0.3 is 12.1 Å². The van der Waals surface area contributed by atoms with Crippen molar-refractivity contribution < 1.29 is 22.8 Å². The number of halogens is 6. The minimum absolute atomic E-state index is 0.0273. The fourth-order valence-electron chi connectivity index (χ4n) is 3.34. The maximum atomic E-state index is 13.2. The van der Waals surface area contributed by atoms with Crippen LogP contribution in [-0.4, -0.2) is 46.9 Å². The zero-order valence-electron chi connectivity index (χ0n) is 15.4. The number of nitrogens with zero attached hydrogens (tertiary/aromatic N) is 2. The van der Waals surface area contributed by atoms with Crippen molar-refractivity contribution >= 4 is 46.6 Å². The molecule has 0 N–H and O–H groups in total. The van der Waals surface area contributed by atoms with Crippen LogP contribution in [0.25, 0.3) is 0 Å². The number of amides is 2. The van der Waals surface area contributed by atoms with Crippen molar-refractivity contribution in [3.8, 4) is 0 Å². The van der Waals surface area contributed by atoms with E-state index in [1.165, 1.54) is 17.0 Å². The molecule has 10 heteroatoms. The molecule has 1 atom stereocenters. The maximum Gasteiger partial charge on any atom is 0.471 e. The van der Waals surface area contributed by atoms with Crippen molar-refractivity contribution in [3.05, 3.63) is 68.7 Å². The molecule has 1 aliphatic rings. The van der Waals surface area contributed by atoms with Gasteiger partial charge in [-0.25, -0.2) is 0 Å². The lowest BCUT2D eigenvalue weighted by molar-refractivity contribution is -0.184. The van der Waals surface area contributed by atoms with Gasteiger partial charge < -0.3 is 9.80 Å². The first kappa shape index (κ1) is 22.7. The molecule has 1 unspecified atom stereocenters. The molecule has 1 fully saturated rings. The lowest BCUT2D eigenvalue weighted by Crippen LogP contribution is -2.44. The topological polar surface area (TPSA) is 40.6 Å². The van der Waals surface area contributed by atoms with Crippen molar-refractivity contribution in [2.75, 3.05) is 13.1 Å². The van der Waals surface area contributed by atoms with Crippen molar-refractivity contribution in [3.63, 3.8) is 0 Å². The van der Waals surface area contributed by atoms with E-state index in [9.17, 15) is 22.8 Å². The number of rotatable bonds is 4. The van der Waals surface area contributed by atoms with Gasteiger partial charge in [-0.05, 0) is 42.3 Å². The van der Waals surface area contributed by atoms with E-state index in [4.69, 9.17) is 34.8 Å². The van der Waals surface area contributed by atoms with Crippen LogP contribution < -0.4 is 0 Å². The highest BCUT2D eigenvalue weighted by Gasteiger charge is 2.45. The average molecular weight is 480 g/mol. The second-order valence-electron chi connectivity index (χ2n) is 6.84. The molecular weight excluding hydrogens is 464 g/mol. The van der Waals surface area contributed by atoms with Gasteiger partial charge in [0.05, 0.1) is 16.1 Å². The molecule has 0 radical (unpaired) electrons. The molecule has 2 aromatic rings. The fraction of sp³-hybridized carbons (Fsp3) is 0.300. The molecule has 1 heterocycles. The standard InChI is InChI=1S/C20H16Cl3F3N2O2/c21-14-6-4-12(5-7-14)18(29)28(10-13-2-1-3-16(22)17(13)23)15-8-9-27(11-15)19(30)20(24,25)26/h1-7,15H,8-11H2. The number of alkyl halides is 3. The van der Waals surface area contributed by atoms with E-state index in [0.717, 1.165) is 0 Å². The van der Waals surface area contributed by atoms with Gasteiger partial charge in [0.2, 0.25) is 0 Å². The molecule has 0 spiro atoms. The molecule has 0 saturated carbocycles. The predicted molar refractivity (Wildman–Crippen MR) is 109 cm³/mol. The second kappa shape index (κ2) is 9.04. The summed E-state index contributed by atoms with van der Waals surface area (Å²) in [6, 6.07) is 10.5. The minimum atomic E-state index is -4.96. The van der Waals surface area contributed by atoms with Crippen molar-refractivity contribution in [1.29, 1.82) is 0 Å². The van der Waals surface area contributed by atoms with Crippen LogP contribution in [0.3, 0.4) is 0 Å². The van der Waals surface area contributed by atoms with Crippen molar-refractivity contribution in [1.82, 2.24) is 9.80 Å². The monoisotopic (exact) mass is 478 g/mol. The summed E-state index contributed by atoms with van der Waals surface area (Å²) in [7, 11) is 0. The zero-order valence-corrected chi connectivity index (χ0v) is 17.7. The molecule has 0 aliphatic carbocycles. The van der Waals surface area contributed by atoms with Gasteiger partial charge in [-0.1, -0.05) is 46.9 Å². The predicted octanol–water partition coefficient (Wildman–Crippen LogP) is 5.45. The molecule has 0 bridgehead atoms. The Hall–Kier alpha value is -1.96. The zero-order chi connectivity index (χ0) is 22.1. The Kier molecular flexibility index (Phi) is 6.84. The molecule has 2 amide bonds. The summed E-state index contributed by atoms with van der Waals surface area (Å²) >= 11 is 18.2. The third-order valence-corrected chi connectivity index (χ3v) is 5.97. The molecule has 160 valence electrons. The minimum Gasteiger partial charge on any atom is -0.333 e. The van der Waals surface area contributed by atoms with E-state index in [1.807, 2.05) is 0 Å². The van der Waals surface area contributed by atoms with E-state index in [2.05, 4.69) is 0 Å². The molecule has 30 heavy (non-hydrogen) atoms. The normalized spacial score (nSPS) is 16.6. The van der Waals surface area contributed by atoms with Crippen LogP contribution in [-0.2, 0) is 11.3 Å². The Morgan fingerprint density at radius 1 is 1.07 bits per heavy atom. The number of carbonyl (C=O) groups is 2. The lowest BCUT2D eigenvalue weighted by atomic mass is 10.1. The van der Waals surface area contributed by atoms with Gasteiger partial charge in [-0.15, -0.1) is 0 Å². The van der Waals surface area contributed by atoms with E-state index in [1.54, 1.807) is 30.3 Å². The smallest absolute Gasteiger partial charge is 0.333 e. The van der Waals surface area contributed by atoms with Crippen LogP contribution in [0.5, 0.6) is 0 Å². The van der Waals surface area contributed by atoms with Crippen LogP contribution in [0.1, 0.15) is 22.3 Å². The van der Waals surface area contributed by atoms with Gasteiger partial charge in [-0.3, -0.25) is 9.59 Å². The third kappa shape index (κ3) is 5.02. The number of hydrogen-bond donors (Lipinski definition) is 0. The quantitative estimate of drug-likeness (QED) is 0.585. The Morgan fingerprint density at radius 3 is 2.37 bits per heavy atom. The van der Waals surface area contributed by atoms with E-state index in [0.29, 0.717) is 26.1 Å². The van der Waals surface area contributed by atoms with Crippen LogP contribution in [0, 0.1) is 0 Å². The lowest BCUT2D eigenvalue weighted by Gasteiger charge is -2.30. The summed E-state index contributed by atoms with van der Waals surface area (Å²) in [5.41, 5.74) is 0.866. The summed E-state index contributed by atoms with van der Waals surface area (Å²) in [5, 5.41) is 1.00. The Balaban J connectivity index is 1.90. The highest BCUT2D eigenvalue weighted by molar-refractivity contribution is 6.42. The Morgan fingerprint density at radius 2 is 1.73 bits per heavy atom. The maximum absolute atomic E-state index is 13.2. The van der Waals surface area contributed by atoms with E-state index >= 15 is 0 Å². The first-order chi connectivity index (χ1) is 14.1. The van der Waals surface area contributed by atoms with E-state index in [-0.39, 0.29) is 31.1 Å². The summed E-state index contributed by atoms with van der Waals surface area (Å²) in [6.07, 6.45) is -4.75. The van der Waals surface area contributed by atoms with Crippen LogP contribution in [0.15, 0.2) is 42.5 Å². The summed E-state index contributed by atoms with van der Waals surface area (Å²) in [5.74, 6) is -2.32. The van der Waals surface area contributed by atoms with Gasteiger partial charge in [0, 0.05) is 30.2 Å². The number of benzene rings is 2.